The summed E-state index contributed by atoms with van der Waals surface area (Å²) >= 11 is 0. The van der Waals surface area contributed by atoms with E-state index < -0.39 is 5.97 Å². The molecule has 104 valence electrons. The summed E-state index contributed by atoms with van der Waals surface area (Å²) in [4.78, 5) is 34.7. The Labute approximate surface area is 112 Å². The predicted molar refractivity (Wildman–Crippen MR) is 68.3 cm³/mol. The molecule has 0 heterocycles. The Balaban J connectivity index is 2.87. The molecule has 0 aromatic rings. The number of hydrogen-bond acceptors (Lipinski definition) is 5. The molecule has 0 N–H and O–H groups in total. The molecule has 1 aliphatic rings. The van der Waals surface area contributed by atoms with Crippen LogP contribution in [0.2, 0.25) is 0 Å². The van der Waals surface area contributed by atoms with Gasteiger partial charge in [0.05, 0.1) is 14.2 Å². The standard InChI is InChI=1S/C14H18O5/c1-18-13(16)10-5-3-7-11(14(17)19-2)9-12(15)8-4-6-10/h5,9H,3-4,6-8H2,1-2H3/b10-5-,11-9+. The van der Waals surface area contributed by atoms with Gasteiger partial charge in [-0.15, -0.1) is 0 Å². The van der Waals surface area contributed by atoms with Crippen molar-refractivity contribution in [3.8, 4) is 0 Å². The Bertz CT molecular complexity index is 431. The van der Waals surface area contributed by atoms with Crippen molar-refractivity contribution in [2.45, 2.75) is 32.1 Å². The average Bonchev–Trinajstić information content (AvgIpc) is 2.42. The highest BCUT2D eigenvalue weighted by atomic mass is 16.5. The van der Waals surface area contributed by atoms with Crippen molar-refractivity contribution in [2.75, 3.05) is 14.2 Å². The zero-order valence-corrected chi connectivity index (χ0v) is 11.2. The van der Waals surface area contributed by atoms with E-state index in [4.69, 9.17) is 0 Å². The van der Waals surface area contributed by atoms with Gasteiger partial charge in [-0.3, -0.25) is 4.79 Å². The highest BCUT2D eigenvalue weighted by molar-refractivity contribution is 5.99. The summed E-state index contributed by atoms with van der Waals surface area (Å²) < 4.78 is 9.31. The molecule has 0 spiro atoms. The lowest BCUT2D eigenvalue weighted by Gasteiger charge is -2.09. The highest BCUT2D eigenvalue weighted by Crippen LogP contribution is 2.17. The van der Waals surface area contributed by atoms with Crippen molar-refractivity contribution in [1.82, 2.24) is 0 Å². The maximum atomic E-state index is 11.7. The average molecular weight is 266 g/mol. The van der Waals surface area contributed by atoms with E-state index in [0.29, 0.717) is 43.3 Å². The first-order valence-electron chi connectivity index (χ1n) is 6.17. The van der Waals surface area contributed by atoms with E-state index in [-0.39, 0.29) is 11.8 Å². The van der Waals surface area contributed by atoms with Crippen LogP contribution in [0.5, 0.6) is 0 Å². The van der Waals surface area contributed by atoms with Crippen LogP contribution in [-0.2, 0) is 23.9 Å². The van der Waals surface area contributed by atoms with Gasteiger partial charge in [0, 0.05) is 17.6 Å². The van der Waals surface area contributed by atoms with Crippen LogP contribution < -0.4 is 0 Å². The van der Waals surface area contributed by atoms with Crippen LogP contribution in [0.1, 0.15) is 32.1 Å². The number of carbonyl (C=O) groups excluding carboxylic acids is 3. The van der Waals surface area contributed by atoms with Crippen molar-refractivity contribution < 1.29 is 23.9 Å². The number of rotatable bonds is 2. The third kappa shape index (κ3) is 4.69. The number of carbonyl (C=O) groups is 3. The third-order valence-corrected chi connectivity index (χ3v) is 2.90. The first-order chi connectivity index (χ1) is 9.08. The first-order valence-corrected chi connectivity index (χ1v) is 6.17. The van der Waals surface area contributed by atoms with Gasteiger partial charge in [-0.05, 0) is 31.8 Å². The molecule has 0 saturated heterocycles. The van der Waals surface area contributed by atoms with Gasteiger partial charge in [0.25, 0.3) is 0 Å². The Kier molecular flexibility index (Phi) is 5.99. The van der Waals surface area contributed by atoms with Crippen LogP contribution >= 0.6 is 0 Å². The number of esters is 2. The fourth-order valence-corrected chi connectivity index (χ4v) is 1.90. The van der Waals surface area contributed by atoms with Gasteiger partial charge in [0.2, 0.25) is 0 Å². The second-order valence-electron chi connectivity index (χ2n) is 4.24. The maximum Gasteiger partial charge on any atom is 0.333 e. The second-order valence-corrected chi connectivity index (χ2v) is 4.24. The summed E-state index contributed by atoms with van der Waals surface area (Å²) in [6.45, 7) is 0. The van der Waals surface area contributed by atoms with Crippen LogP contribution in [0.4, 0.5) is 0 Å². The molecular weight excluding hydrogens is 248 g/mol. The summed E-state index contributed by atoms with van der Waals surface area (Å²) in [6.07, 6.45) is 5.36. The van der Waals surface area contributed by atoms with Gasteiger partial charge in [-0.2, -0.15) is 0 Å². The summed E-state index contributed by atoms with van der Waals surface area (Å²) in [5, 5.41) is 0. The highest BCUT2D eigenvalue weighted by Gasteiger charge is 2.15. The summed E-state index contributed by atoms with van der Waals surface area (Å²) in [5.74, 6) is -0.995. The van der Waals surface area contributed by atoms with E-state index in [1.54, 1.807) is 6.08 Å². The van der Waals surface area contributed by atoms with Crippen molar-refractivity contribution in [1.29, 1.82) is 0 Å². The summed E-state index contributed by atoms with van der Waals surface area (Å²) in [5.41, 5.74) is 0.899. The molecule has 5 heteroatoms. The smallest absolute Gasteiger partial charge is 0.333 e. The Morgan fingerprint density at radius 3 is 2.26 bits per heavy atom. The second kappa shape index (κ2) is 7.51. The largest absolute Gasteiger partial charge is 0.466 e. The molecule has 0 aromatic carbocycles. The number of allylic oxidation sites excluding steroid dienone is 2. The van der Waals surface area contributed by atoms with E-state index in [2.05, 4.69) is 9.47 Å². The number of ether oxygens (including phenoxy) is 2. The molecule has 0 atom stereocenters. The quantitative estimate of drug-likeness (QED) is 0.712. The van der Waals surface area contributed by atoms with Crippen LogP contribution in [-0.4, -0.2) is 31.9 Å². The monoisotopic (exact) mass is 266 g/mol. The Hall–Kier alpha value is -1.91. The van der Waals surface area contributed by atoms with Crippen LogP contribution in [0.3, 0.4) is 0 Å². The molecule has 0 unspecified atom stereocenters. The molecule has 19 heavy (non-hydrogen) atoms. The molecule has 0 amide bonds. The normalized spacial score (nSPS) is 22.5. The fraction of sp³-hybridized carbons (Fsp3) is 0.500. The van der Waals surface area contributed by atoms with E-state index in [1.807, 2.05) is 0 Å². The van der Waals surface area contributed by atoms with Gasteiger partial charge in [-0.1, -0.05) is 6.08 Å². The van der Waals surface area contributed by atoms with Crippen molar-refractivity contribution in [3.63, 3.8) is 0 Å². The number of methoxy groups -OCH3 is 2. The molecule has 0 fully saturated rings. The SMILES string of the molecule is COC(=O)/C1=C\CC/C(C(=O)OC)=C\C(=O)CCC1. The minimum Gasteiger partial charge on any atom is -0.466 e. The minimum absolute atomic E-state index is 0.119. The van der Waals surface area contributed by atoms with Crippen LogP contribution in [0, 0.1) is 0 Å². The molecule has 1 aliphatic carbocycles. The first kappa shape index (κ1) is 15.1. The Morgan fingerprint density at radius 2 is 1.63 bits per heavy atom. The predicted octanol–water partition coefficient (Wildman–Crippen LogP) is 1.72. The summed E-state index contributed by atoms with van der Waals surface area (Å²) in [6, 6.07) is 0. The van der Waals surface area contributed by atoms with E-state index in [9.17, 15) is 14.4 Å². The van der Waals surface area contributed by atoms with Crippen molar-refractivity contribution in [2.24, 2.45) is 0 Å². The van der Waals surface area contributed by atoms with Gasteiger partial charge in [0.1, 0.15) is 0 Å². The van der Waals surface area contributed by atoms with E-state index in [0.717, 1.165) is 0 Å². The summed E-state index contributed by atoms with van der Waals surface area (Å²) in [7, 11) is 2.61. The maximum absolute atomic E-state index is 11.7. The van der Waals surface area contributed by atoms with Gasteiger partial charge < -0.3 is 9.47 Å². The van der Waals surface area contributed by atoms with Gasteiger partial charge >= 0.3 is 11.9 Å². The molecule has 0 saturated carbocycles. The Morgan fingerprint density at radius 1 is 1.00 bits per heavy atom. The minimum atomic E-state index is -0.498. The van der Waals surface area contributed by atoms with E-state index >= 15 is 0 Å². The molecule has 1 rings (SSSR count). The molecular formula is C14H18O5. The number of ketones is 1. The third-order valence-electron chi connectivity index (χ3n) is 2.90. The molecule has 0 aliphatic heterocycles. The van der Waals surface area contributed by atoms with Crippen LogP contribution in [0.15, 0.2) is 23.3 Å². The van der Waals surface area contributed by atoms with E-state index in [1.165, 1.54) is 20.3 Å². The zero-order chi connectivity index (χ0) is 14.3. The number of hydrogen-bond donors (Lipinski definition) is 0. The van der Waals surface area contributed by atoms with Crippen LogP contribution in [0.25, 0.3) is 0 Å². The van der Waals surface area contributed by atoms with Gasteiger partial charge in [-0.25, -0.2) is 9.59 Å². The lowest BCUT2D eigenvalue weighted by atomic mass is 9.99. The van der Waals surface area contributed by atoms with Crippen molar-refractivity contribution in [3.05, 3.63) is 23.3 Å². The van der Waals surface area contributed by atoms with Gasteiger partial charge in [0.15, 0.2) is 5.78 Å². The lowest BCUT2D eigenvalue weighted by molar-refractivity contribution is -0.137. The fourth-order valence-electron chi connectivity index (χ4n) is 1.90. The zero-order valence-electron chi connectivity index (χ0n) is 11.2. The molecule has 5 nitrogen and oxygen atoms in total. The van der Waals surface area contributed by atoms with Crippen molar-refractivity contribution >= 4 is 17.7 Å². The topological polar surface area (TPSA) is 69.7 Å². The molecule has 0 radical (unpaired) electrons. The lowest BCUT2D eigenvalue weighted by Crippen LogP contribution is -2.10. The molecule has 0 bridgehead atoms. The molecule has 0 aromatic heterocycles.